The van der Waals surface area contributed by atoms with E-state index in [9.17, 15) is 28.6 Å². The van der Waals surface area contributed by atoms with Crippen LogP contribution < -0.4 is 5.32 Å². The lowest BCUT2D eigenvalue weighted by Crippen LogP contribution is -2.23. The second-order valence-electron chi connectivity index (χ2n) is 6.79. The second-order valence-corrected chi connectivity index (χ2v) is 8.77. The minimum Gasteiger partial charge on any atom is -0.507 e. The number of aliphatic carboxylic acids is 1. The third-order valence-corrected chi connectivity index (χ3v) is 6.93. The number of phenols is 1. The highest BCUT2D eigenvalue weighted by molar-refractivity contribution is 8.03. The zero-order valence-corrected chi connectivity index (χ0v) is 17.2. The Hall–Kier alpha value is -2.91. The third-order valence-electron chi connectivity index (χ3n) is 4.94. The lowest BCUT2D eigenvalue weighted by atomic mass is 9.92. The van der Waals surface area contributed by atoms with Crippen LogP contribution in [0.15, 0.2) is 46.3 Å². The normalized spacial score (nSPS) is 16.3. The number of fused-ring (bicyclic) bond motifs is 1. The second kappa shape index (κ2) is 7.73. The molecular formula is C21H15F2NO4S2. The van der Waals surface area contributed by atoms with Crippen molar-refractivity contribution >= 4 is 45.1 Å². The van der Waals surface area contributed by atoms with E-state index < -0.39 is 29.4 Å². The Bertz CT molecular complexity index is 1240. The number of thioether (sulfide) groups is 1. The van der Waals surface area contributed by atoms with Gasteiger partial charge in [-0.15, -0.1) is 23.1 Å². The summed E-state index contributed by atoms with van der Waals surface area (Å²) in [7, 11) is 0. The number of phenolic OH excluding ortho intramolecular Hbond substituents is 1. The number of halogens is 2. The van der Waals surface area contributed by atoms with Crippen LogP contribution in [0.3, 0.4) is 0 Å². The number of carboxylic acid groups (broad SMARTS) is 1. The largest absolute Gasteiger partial charge is 0.507 e. The van der Waals surface area contributed by atoms with Crippen molar-refractivity contribution < 1.29 is 28.6 Å². The van der Waals surface area contributed by atoms with Crippen molar-refractivity contribution in [2.75, 3.05) is 5.75 Å². The SMILES string of the molecule is Cc1ccc(C2CSC(NC(=O)c3cc4sccc4cc3O)=C2C(=O)O)c(F)c1F. The molecular weight excluding hydrogens is 432 g/mol. The van der Waals surface area contributed by atoms with Crippen LogP contribution in [0.4, 0.5) is 8.78 Å². The maximum Gasteiger partial charge on any atom is 0.334 e. The predicted molar refractivity (Wildman–Crippen MR) is 112 cm³/mol. The van der Waals surface area contributed by atoms with Crippen LogP contribution in [0.2, 0.25) is 0 Å². The monoisotopic (exact) mass is 447 g/mol. The van der Waals surface area contributed by atoms with Crippen LogP contribution in [0.1, 0.15) is 27.4 Å². The van der Waals surface area contributed by atoms with Crippen molar-refractivity contribution in [2.24, 2.45) is 0 Å². The Balaban J connectivity index is 1.70. The maximum absolute atomic E-state index is 14.5. The lowest BCUT2D eigenvalue weighted by molar-refractivity contribution is -0.132. The fourth-order valence-corrected chi connectivity index (χ4v) is 5.40. The van der Waals surface area contributed by atoms with Gasteiger partial charge in [-0.05, 0) is 47.0 Å². The number of carboxylic acids is 1. The Morgan fingerprint density at radius 3 is 2.67 bits per heavy atom. The molecule has 1 aliphatic rings. The molecule has 2 aromatic carbocycles. The van der Waals surface area contributed by atoms with Gasteiger partial charge in [0.1, 0.15) is 5.75 Å². The topological polar surface area (TPSA) is 86.6 Å². The molecule has 154 valence electrons. The van der Waals surface area contributed by atoms with Gasteiger partial charge in [0.15, 0.2) is 11.6 Å². The van der Waals surface area contributed by atoms with Crippen molar-refractivity contribution in [2.45, 2.75) is 12.8 Å². The first-order valence-corrected chi connectivity index (χ1v) is 10.7. The summed E-state index contributed by atoms with van der Waals surface area (Å²) in [6.07, 6.45) is 0. The number of nitrogens with one attached hydrogen (secondary N) is 1. The number of hydrogen-bond donors (Lipinski definition) is 3. The van der Waals surface area contributed by atoms with Crippen molar-refractivity contribution in [3.05, 3.63) is 74.6 Å². The number of benzene rings is 2. The molecule has 0 bridgehead atoms. The van der Waals surface area contributed by atoms with E-state index in [2.05, 4.69) is 5.32 Å². The minimum atomic E-state index is -1.33. The Kier molecular flexibility index (Phi) is 5.25. The minimum absolute atomic E-state index is 0.00111. The molecule has 0 saturated heterocycles. The Labute approximate surface area is 178 Å². The quantitative estimate of drug-likeness (QED) is 0.537. The lowest BCUT2D eigenvalue weighted by Gasteiger charge is -2.14. The average Bonchev–Trinajstić information content (AvgIpc) is 3.32. The van der Waals surface area contributed by atoms with Gasteiger partial charge in [-0.25, -0.2) is 13.6 Å². The number of amides is 1. The molecule has 1 aliphatic heterocycles. The highest BCUT2D eigenvalue weighted by Crippen LogP contribution is 2.42. The van der Waals surface area contributed by atoms with Crippen LogP contribution >= 0.6 is 23.1 Å². The van der Waals surface area contributed by atoms with Crippen molar-refractivity contribution in [3.63, 3.8) is 0 Å². The zero-order chi connectivity index (χ0) is 21.6. The number of hydrogen-bond acceptors (Lipinski definition) is 5. The molecule has 1 unspecified atom stereocenters. The van der Waals surface area contributed by atoms with Gasteiger partial charge in [0.25, 0.3) is 5.91 Å². The molecule has 1 atom stereocenters. The van der Waals surface area contributed by atoms with E-state index in [1.165, 1.54) is 42.5 Å². The van der Waals surface area contributed by atoms with Gasteiger partial charge < -0.3 is 15.5 Å². The van der Waals surface area contributed by atoms with E-state index in [4.69, 9.17) is 0 Å². The van der Waals surface area contributed by atoms with Crippen LogP contribution in [0.25, 0.3) is 10.1 Å². The first-order chi connectivity index (χ1) is 14.3. The zero-order valence-electron chi connectivity index (χ0n) is 15.5. The molecule has 1 amide bonds. The Morgan fingerprint density at radius 2 is 1.93 bits per heavy atom. The fourth-order valence-electron chi connectivity index (χ4n) is 3.36. The van der Waals surface area contributed by atoms with Crippen LogP contribution in [-0.4, -0.2) is 27.8 Å². The first-order valence-electron chi connectivity index (χ1n) is 8.84. The van der Waals surface area contributed by atoms with Gasteiger partial charge in [0, 0.05) is 16.4 Å². The molecule has 3 N–H and O–H groups in total. The van der Waals surface area contributed by atoms with Gasteiger partial charge >= 0.3 is 5.97 Å². The number of aromatic hydroxyl groups is 1. The highest BCUT2D eigenvalue weighted by Gasteiger charge is 2.36. The van der Waals surface area contributed by atoms with E-state index in [1.54, 1.807) is 6.07 Å². The summed E-state index contributed by atoms with van der Waals surface area (Å²) in [4.78, 5) is 24.6. The van der Waals surface area contributed by atoms with Crippen molar-refractivity contribution in [1.29, 1.82) is 0 Å². The summed E-state index contributed by atoms with van der Waals surface area (Å²) >= 11 is 2.43. The maximum atomic E-state index is 14.5. The molecule has 0 radical (unpaired) electrons. The summed E-state index contributed by atoms with van der Waals surface area (Å²) in [5.41, 5.74) is -0.170. The van der Waals surface area contributed by atoms with E-state index in [0.717, 1.165) is 21.8 Å². The van der Waals surface area contributed by atoms with E-state index in [1.807, 2.05) is 5.38 Å². The van der Waals surface area contributed by atoms with Crippen LogP contribution in [0, 0.1) is 18.6 Å². The number of aryl methyl sites for hydroxylation is 1. The summed E-state index contributed by atoms with van der Waals surface area (Å²) in [6, 6.07) is 7.55. The molecule has 30 heavy (non-hydrogen) atoms. The molecule has 9 heteroatoms. The molecule has 2 heterocycles. The summed E-state index contributed by atoms with van der Waals surface area (Å²) in [5, 5.41) is 25.1. The third kappa shape index (κ3) is 3.44. The molecule has 0 spiro atoms. The fraction of sp³-hybridized carbons (Fsp3) is 0.143. The molecule has 3 aromatic rings. The summed E-state index contributed by atoms with van der Waals surface area (Å²) < 4.78 is 29.3. The Morgan fingerprint density at radius 1 is 1.17 bits per heavy atom. The molecule has 0 aliphatic carbocycles. The van der Waals surface area contributed by atoms with Crippen molar-refractivity contribution in [1.82, 2.24) is 5.32 Å². The smallest absolute Gasteiger partial charge is 0.334 e. The van der Waals surface area contributed by atoms with Gasteiger partial charge in [-0.1, -0.05) is 12.1 Å². The van der Waals surface area contributed by atoms with E-state index >= 15 is 0 Å². The number of rotatable bonds is 4. The molecule has 4 rings (SSSR count). The number of carbonyl (C=O) groups excluding carboxylic acids is 1. The molecule has 5 nitrogen and oxygen atoms in total. The summed E-state index contributed by atoms with van der Waals surface area (Å²) in [6.45, 7) is 1.42. The van der Waals surface area contributed by atoms with Crippen LogP contribution in [0.5, 0.6) is 5.75 Å². The van der Waals surface area contributed by atoms with Gasteiger partial charge in [0.05, 0.1) is 16.2 Å². The highest BCUT2D eigenvalue weighted by atomic mass is 32.2. The molecule has 1 aromatic heterocycles. The first kappa shape index (κ1) is 20.4. The van der Waals surface area contributed by atoms with Gasteiger partial charge in [0.2, 0.25) is 0 Å². The van der Waals surface area contributed by atoms with E-state index in [-0.39, 0.29) is 38.8 Å². The van der Waals surface area contributed by atoms with Gasteiger partial charge in [-0.3, -0.25) is 4.79 Å². The average molecular weight is 447 g/mol. The molecule has 0 saturated carbocycles. The van der Waals surface area contributed by atoms with Crippen molar-refractivity contribution in [3.8, 4) is 5.75 Å². The number of carbonyl (C=O) groups is 2. The molecule has 0 fully saturated rings. The standard InChI is InChI=1S/C21H15F2NO4S2/c1-9-2-3-11(18(23)17(9)22)13-8-30-20(16(13)21(27)28)24-19(26)12-7-15-10(4-5-29-15)6-14(12)25/h2-7,13,25H,8H2,1H3,(H,24,26)(H,27,28). The van der Waals surface area contributed by atoms with Crippen LogP contribution in [-0.2, 0) is 4.79 Å². The number of thiophene rings is 1. The predicted octanol–water partition coefficient (Wildman–Crippen LogP) is 4.75. The summed E-state index contributed by atoms with van der Waals surface area (Å²) in [5.74, 6) is -5.15. The van der Waals surface area contributed by atoms with Gasteiger partial charge in [-0.2, -0.15) is 0 Å². The van der Waals surface area contributed by atoms with E-state index in [0.29, 0.717) is 0 Å².